The molecule has 1 aromatic rings. The molecule has 1 aliphatic heterocycles. The van der Waals surface area contributed by atoms with Gasteiger partial charge >= 0.3 is 12.0 Å². The molecule has 146 valence electrons. The number of aliphatic hydroxyl groups is 1. The predicted molar refractivity (Wildman–Crippen MR) is 104 cm³/mol. The van der Waals surface area contributed by atoms with Gasteiger partial charge in [-0.05, 0) is 24.8 Å². The number of nitrogens with one attached hydrogen (secondary N) is 1. The Bertz CT molecular complexity index is 657. The van der Waals surface area contributed by atoms with Crippen LogP contribution in [-0.4, -0.2) is 52.3 Å². The summed E-state index contributed by atoms with van der Waals surface area (Å²) in [6.07, 6.45) is 9.64. The molecular weight excluding hydrogens is 344 g/mol. The van der Waals surface area contributed by atoms with Crippen LogP contribution in [0.3, 0.4) is 0 Å². The molecule has 0 aliphatic carbocycles. The SMILES string of the molecule is O=C(O)CCCC=CCN1C(=O)NCC[C@@H]1C=CC(O)Cc1ccccc1. The number of hydrogen-bond donors (Lipinski definition) is 3. The van der Waals surface area contributed by atoms with Gasteiger partial charge in [-0.3, -0.25) is 4.79 Å². The summed E-state index contributed by atoms with van der Waals surface area (Å²) >= 11 is 0. The first kappa shape index (κ1) is 20.7. The number of rotatable bonds is 10. The molecule has 0 aromatic heterocycles. The highest BCUT2D eigenvalue weighted by atomic mass is 16.4. The normalized spacial score (nSPS) is 18.8. The minimum absolute atomic E-state index is 0.0622. The summed E-state index contributed by atoms with van der Waals surface area (Å²) in [7, 11) is 0. The maximum atomic E-state index is 12.2. The number of unbranched alkanes of at least 4 members (excludes halogenated alkanes) is 1. The van der Waals surface area contributed by atoms with E-state index in [0.717, 1.165) is 12.0 Å². The predicted octanol–water partition coefficient (Wildman–Crippen LogP) is 2.74. The second-order valence-electron chi connectivity index (χ2n) is 6.64. The summed E-state index contributed by atoms with van der Waals surface area (Å²) in [5.41, 5.74) is 1.07. The quantitative estimate of drug-likeness (QED) is 0.435. The van der Waals surface area contributed by atoms with Crippen molar-refractivity contribution in [1.29, 1.82) is 0 Å². The number of nitrogens with zero attached hydrogens (tertiary/aromatic N) is 1. The Hall–Kier alpha value is -2.60. The zero-order chi connectivity index (χ0) is 19.5. The Morgan fingerprint density at radius 2 is 2.07 bits per heavy atom. The van der Waals surface area contributed by atoms with E-state index >= 15 is 0 Å². The highest BCUT2D eigenvalue weighted by Gasteiger charge is 2.24. The number of urea groups is 1. The Labute approximate surface area is 160 Å². The van der Waals surface area contributed by atoms with Gasteiger partial charge in [0.1, 0.15) is 0 Å². The fourth-order valence-corrected chi connectivity index (χ4v) is 3.01. The molecule has 1 aromatic carbocycles. The van der Waals surface area contributed by atoms with E-state index in [1.54, 1.807) is 11.0 Å². The first-order chi connectivity index (χ1) is 13.1. The number of amides is 2. The Kier molecular flexibility index (Phi) is 8.58. The highest BCUT2D eigenvalue weighted by Crippen LogP contribution is 2.13. The second-order valence-corrected chi connectivity index (χ2v) is 6.64. The monoisotopic (exact) mass is 372 g/mol. The third kappa shape index (κ3) is 7.66. The summed E-state index contributed by atoms with van der Waals surface area (Å²) in [5, 5.41) is 21.7. The Morgan fingerprint density at radius 1 is 1.30 bits per heavy atom. The molecule has 0 saturated carbocycles. The number of allylic oxidation sites excluding steroid dienone is 1. The van der Waals surface area contributed by atoms with Crippen LogP contribution < -0.4 is 5.32 Å². The van der Waals surface area contributed by atoms with Crippen molar-refractivity contribution in [2.75, 3.05) is 13.1 Å². The van der Waals surface area contributed by atoms with Crippen LogP contribution in [0.2, 0.25) is 0 Å². The van der Waals surface area contributed by atoms with Gasteiger partial charge in [0.25, 0.3) is 0 Å². The van der Waals surface area contributed by atoms with Gasteiger partial charge in [-0.25, -0.2) is 4.79 Å². The molecule has 27 heavy (non-hydrogen) atoms. The highest BCUT2D eigenvalue weighted by molar-refractivity contribution is 5.75. The van der Waals surface area contributed by atoms with Crippen molar-refractivity contribution in [3.8, 4) is 0 Å². The van der Waals surface area contributed by atoms with Gasteiger partial charge in [0.05, 0.1) is 12.1 Å². The van der Waals surface area contributed by atoms with Gasteiger partial charge in [0.2, 0.25) is 0 Å². The number of carbonyl (C=O) groups excluding carboxylic acids is 1. The first-order valence-electron chi connectivity index (χ1n) is 9.38. The lowest BCUT2D eigenvalue weighted by molar-refractivity contribution is -0.137. The average molecular weight is 372 g/mol. The Morgan fingerprint density at radius 3 is 2.81 bits per heavy atom. The number of carbonyl (C=O) groups is 2. The van der Waals surface area contributed by atoms with Gasteiger partial charge in [-0.15, -0.1) is 0 Å². The van der Waals surface area contributed by atoms with Crippen LogP contribution in [-0.2, 0) is 11.2 Å². The lowest BCUT2D eigenvalue weighted by Crippen LogP contribution is -2.51. The molecule has 3 N–H and O–H groups in total. The summed E-state index contributed by atoms with van der Waals surface area (Å²) in [6.45, 7) is 1.07. The minimum Gasteiger partial charge on any atom is -0.481 e. The molecule has 1 saturated heterocycles. The van der Waals surface area contributed by atoms with E-state index in [9.17, 15) is 14.7 Å². The maximum absolute atomic E-state index is 12.2. The van der Waals surface area contributed by atoms with Crippen LogP contribution in [0.15, 0.2) is 54.6 Å². The molecule has 6 heteroatoms. The van der Waals surface area contributed by atoms with Crippen molar-refractivity contribution < 1.29 is 19.8 Å². The molecule has 0 bridgehead atoms. The van der Waals surface area contributed by atoms with E-state index in [2.05, 4.69) is 5.32 Å². The van der Waals surface area contributed by atoms with E-state index in [0.29, 0.717) is 32.4 Å². The van der Waals surface area contributed by atoms with Crippen molar-refractivity contribution in [1.82, 2.24) is 10.2 Å². The summed E-state index contributed by atoms with van der Waals surface area (Å²) in [5.74, 6) is -0.793. The van der Waals surface area contributed by atoms with Crippen LogP contribution in [0.5, 0.6) is 0 Å². The molecule has 2 amide bonds. The molecule has 6 nitrogen and oxygen atoms in total. The van der Waals surface area contributed by atoms with Crippen molar-refractivity contribution in [3.63, 3.8) is 0 Å². The van der Waals surface area contributed by atoms with Gasteiger partial charge in [0.15, 0.2) is 0 Å². The minimum atomic E-state index is -0.793. The van der Waals surface area contributed by atoms with E-state index in [1.807, 2.05) is 48.6 Å². The van der Waals surface area contributed by atoms with E-state index in [1.165, 1.54) is 0 Å². The molecule has 2 rings (SSSR count). The summed E-state index contributed by atoms with van der Waals surface area (Å²) in [4.78, 5) is 24.4. The summed E-state index contributed by atoms with van der Waals surface area (Å²) < 4.78 is 0. The lowest BCUT2D eigenvalue weighted by atomic mass is 10.0. The van der Waals surface area contributed by atoms with Gasteiger partial charge in [-0.2, -0.15) is 0 Å². The average Bonchev–Trinajstić information content (AvgIpc) is 2.65. The van der Waals surface area contributed by atoms with Crippen molar-refractivity contribution in [2.24, 2.45) is 0 Å². The molecule has 1 heterocycles. The standard InChI is InChI=1S/C21H28N2O4/c24-19(16-17-8-4-3-5-9-17)12-11-18-13-14-22-21(27)23(18)15-7-2-1-6-10-20(25)26/h2-5,7-9,11-12,18-19,24H,1,6,10,13-16H2,(H,22,27)(H,25,26)/t18-,19?/m0/s1. The maximum Gasteiger partial charge on any atom is 0.318 e. The van der Waals surface area contributed by atoms with Gasteiger partial charge in [-0.1, -0.05) is 54.6 Å². The molecular formula is C21H28N2O4. The molecule has 1 aliphatic rings. The fraction of sp³-hybridized carbons (Fsp3) is 0.429. The van der Waals surface area contributed by atoms with Crippen LogP contribution in [0.1, 0.15) is 31.2 Å². The first-order valence-corrected chi connectivity index (χ1v) is 9.38. The van der Waals surface area contributed by atoms with E-state index < -0.39 is 12.1 Å². The number of hydrogen-bond acceptors (Lipinski definition) is 3. The van der Waals surface area contributed by atoms with Gasteiger partial charge < -0.3 is 20.4 Å². The van der Waals surface area contributed by atoms with Crippen molar-refractivity contribution >= 4 is 12.0 Å². The van der Waals surface area contributed by atoms with E-state index in [4.69, 9.17) is 5.11 Å². The fourth-order valence-electron chi connectivity index (χ4n) is 3.01. The van der Waals surface area contributed by atoms with Crippen LogP contribution in [0, 0.1) is 0 Å². The van der Waals surface area contributed by atoms with Crippen LogP contribution in [0.4, 0.5) is 4.79 Å². The van der Waals surface area contributed by atoms with Gasteiger partial charge in [0, 0.05) is 25.9 Å². The number of aliphatic carboxylic acids is 1. The van der Waals surface area contributed by atoms with Crippen LogP contribution >= 0.6 is 0 Å². The zero-order valence-corrected chi connectivity index (χ0v) is 15.5. The smallest absolute Gasteiger partial charge is 0.318 e. The lowest BCUT2D eigenvalue weighted by Gasteiger charge is -2.33. The zero-order valence-electron chi connectivity index (χ0n) is 15.5. The third-order valence-electron chi connectivity index (χ3n) is 4.45. The van der Waals surface area contributed by atoms with Crippen LogP contribution in [0.25, 0.3) is 0 Å². The van der Waals surface area contributed by atoms with Crippen molar-refractivity contribution in [3.05, 3.63) is 60.2 Å². The second kappa shape index (κ2) is 11.2. The number of aliphatic hydroxyl groups excluding tert-OH is 1. The molecule has 1 unspecified atom stereocenters. The molecule has 2 atom stereocenters. The van der Waals surface area contributed by atoms with E-state index in [-0.39, 0.29) is 18.5 Å². The Balaban J connectivity index is 1.85. The number of carboxylic acid groups (broad SMARTS) is 1. The molecule has 1 fully saturated rings. The third-order valence-corrected chi connectivity index (χ3v) is 4.45. The van der Waals surface area contributed by atoms with Crippen molar-refractivity contribution in [2.45, 2.75) is 44.2 Å². The summed E-state index contributed by atoms with van der Waals surface area (Å²) in [6, 6.07) is 9.61. The largest absolute Gasteiger partial charge is 0.481 e. The molecule has 0 spiro atoms. The topological polar surface area (TPSA) is 89.9 Å². The molecule has 0 radical (unpaired) electrons. The number of benzene rings is 1. The number of carboxylic acids is 1.